The van der Waals surface area contributed by atoms with Crippen LogP contribution in [0, 0.1) is 0 Å². The molecule has 1 aliphatic rings. The number of guanidine groups is 1. The molecule has 0 aliphatic carbocycles. The van der Waals surface area contributed by atoms with E-state index < -0.39 is 0 Å². The maximum Gasteiger partial charge on any atom is 0.243 e. The van der Waals surface area contributed by atoms with Crippen molar-refractivity contribution in [3.05, 3.63) is 54.7 Å². The zero-order valence-electron chi connectivity index (χ0n) is 18.1. The van der Waals surface area contributed by atoms with E-state index >= 15 is 0 Å². The lowest BCUT2D eigenvalue weighted by atomic mass is 10.3. The van der Waals surface area contributed by atoms with Crippen molar-refractivity contribution < 1.29 is 4.79 Å². The molecule has 1 amide bonds. The number of benzene rings is 1. The van der Waals surface area contributed by atoms with Gasteiger partial charge in [-0.2, -0.15) is 0 Å². The van der Waals surface area contributed by atoms with Gasteiger partial charge in [0, 0.05) is 63.7 Å². The van der Waals surface area contributed by atoms with E-state index in [1.165, 1.54) is 4.90 Å². The number of amides is 1. The van der Waals surface area contributed by atoms with Crippen LogP contribution in [0.2, 0.25) is 0 Å². The summed E-state index contributed by atoms with van der Waals surface area (Å²) in [5.41, 5.74) is 0. The summed E-state index contributed by atoms with van der Waals surface area (Å²) in [5, 5.41) is 3.46. The number of rotatable bonds is 7. The number of aliphatic imine (C=N–C) groups is 1. The van der Waals surface area contributed by atoms with Crippen molar-refractivity contribution in [2.45, 2.75) is 4.90 Å². The molecule has 1 aliphatic heterocycles. The number of hydrogen-bond acceptors (Lipinski definition) is 5. The van der Waals surface area contributed by atoms with Crippen molar-refractivity contribution in [3.8, 4) is 0 Å². The molecule has 0 atom stereocenters. The van der Waals surface area contributed by atoms with Crippen LogP contribution in [0.4, 0.5) is 5.82 Å². The van der Waals surface area contributed by atoms with Gasteiger partial charge in [-0.25, -0.2) is 9.98 Å². The van der Waals surface area contributed by atoms with Gasteiger partial charge in [0.25, 0.3) is 0 Å². The van der Waals surface area contributed by atoms with Gasteiger partial charge in [-0.3, -0.25) is 4.79 Å². The summed E-state index contributed by atoms with van der Waals surface area (Å²) < 4.78 is 0. The van der Waals surface area contributed by atoms with Gasteiger partial charge in [-0.1, -0.05) is 24.3 Å². The van der Waals surface area contributed by atoms with E-state index in [1.807, 2.05) is 42.2 Å². The van der Waals surface area contributed by atoms with Crippen LogP contribution in [0.1, 0.15) is 0 Å². The second-order valence-electron chi connectivity index (χ2n) is 7.18. The van der Waals surface area contributed by atoms with Crippen LogP contribution < -0.4 is 10.2 Å². The number of piperazine rings is 1. The first kappa shape index (κ1) is 25.3. The van der Waals surface area contributed by atoms with Crippen LogP contribution in [-0.4, -0.2) is 85.8 Å². The largest absolute Gasteiger partial charge is 0.355 e. The number of aromatic nitrogens is 1. The number of anilines is 1. The highest BCUT2D eigenvalue weighted by atomic mass is 127. The Labute approximate surface area is 206 Å². The molecule has 1 fully saturated rings. The number of carbonyl (C=O) groups excluding carboxylic acids is 1. The zero-order valence-corrected chi connectivity index (χ0v) is 21.3. The highest BCUT2D eigenvalue weighted by Gasteiger charge is 2.21. The molecule has 0 unspecified atom stereocenters. The van der Waals surface area contributed by atoms with Crippen LogP contribution in [0.15, 0.2) is 64.6 Å². The zero-order chi connectivity index (χ0) is 21.2. The highest BCUT2D eigenvalue weighted by molar-refractivity contribution is 14.0. The Morgan fingerprint density at radius 2 is 1.81 bits per heavy atom. The first-order valence-corrected chi connectivity index (χ1v) is 11.2. The van der Waals surface area contributed by atoms with Gasteiger partial charge in [-0.15, -0.1) is 35.7 Å². The summed E-state index contributed by atoms with van der Waals surface area (Å²) in [5.74, 6) is 2.74. The molecule has 1 aromatic heterocycles. The van der Waals surface area contributed by atoms with E-state index in [0.717, 1.165) is 50.3 Å². The number of nitrogens with one attached hydrogen (secondary N) is 1. The van der Waals surface area contributed by atoms with Crippen LogP contribution in [0.3, 0.4) is 0 Å². The summed E-state index contributed by atoms with van der Waals surface area (Å²) in [4.78, 5) is 28.4. The molecular formula is C22H31IN6OS. The van der Waals surface area contributed by atoms with Gasteiger partial charge >= 0.3 is 0 Å². The highest BCUT2D eigenvalue weighted by Crippen LogP contribution is 2.16. The maximum atomic E-state index is 12.0. The number of carbonyl (C=O) groups is 1. The fourth-order valence-corrected chi connectivity index (χ4v) is 3.88. The number of thioether (sulfide) groups is 1. The van der Waals surface area contributed by atoms with Gasteiger partial charge in [0.2, 0.25) is 5.91 Å². The molecule has 31 heavy (non-hydrogen) atoms. The predicted molar refractivity (Wildman–Crippen MR) is 140 cm³/mol. The molecule has 0 bridgehead atoms. The van der Waals surface area contributed by atoms with Crippen molar-refractivity contribution in [3.63, 3.8) is 0 Å². The quantitative estimate of drug-likeness (QED) is 0.187. The third-order valence-corrected chi connectivity index (χ3v) is 5.83. The molecule has 1 saturated heterocycles. The monoisotopic (exact) mass is 554 g/mol. The molecule has 0 spiro atoms. The maximum absolute atomic E-state index is 12.0. The molecule has 1 N–H and O–H groups in total. The summed E-state index contributed by atoms with van der Waals surface area (Å²) in [7, 11) is 3.51. The van der Waals surface area contributed by atoms with Gasteiger partial charge in [0.15, 0.2) is 5.96 Å². The fraction of sp³-hybridized carbons (Fsp3) is 0.409. The molecule has 2 aromatic rings. The van der Waals surface area contributed by atoms with E-state index in [9.17, 15) is 4.79 Å². The summed E-state index contributed by atoms with van der Waals surface area (Å²) in [6.45, 7) is 4.36. The normalized spacial score (nSPS) is 14.1. The number of likely N-dealkylation sites (N-methyl/N-ethyl adjacent to an activating group) is 1. The number of halogens is 1. The van der Waals surface area contributed by atoms with Crippen molar-refractivity contribution >= 4 is 53.4 Å². The van der Waals surface area contributed by atoms with Crippen LogP contribution in [-0.2, 0) is 4.79 Å². The fourth-order valence-electron chi connectivity index (χ4n) is 3.09. The minimum absolute atomic E-state index is 0. The number of hydrogen-bond donors (Lipinski definition) is 1. The molecular weight excluding hydrogens is 523 g/mol. The molecule has 1 aromatic carbocycles. The Morgan fingerprint density at radius 3 is 2.45 bits per heavy atom. The van der Waals surface area contributed by atoms with Gasteiger partial charge in [-0.05, 0) is 24.3 Å². The average molecular weight is 555 g/mol. The van der Waals surface area contributed by atoms with Gasteiger partial charge in [0.1, 0.15) is 12.4 Å². The van der Waals surface area contributed by atoms with E-state index in [2.05, 4.69) is 49.4 Å². The van der Waals surface area contributed by atoms with Gasteiger partial charge < -0.3 is 20.0 Å². The smallest absolute Gasteiger partial charge is 0.243 e. The topological polar surface area (TPSA) is 64.1 Å². The van der Waals surface area contributed by atoms with Crippen LogP contribution in [0.5, 0.6) is 0 Å². The lowest BCUT2D eigenvalue weighted by molar-refractivity contribution is -0.127. The molecule has 3 rings (SSSR count). The summed E-state index contributed by atoms with van der Waals surface area (Å²) in [6.07, 6.45) is 1.83. The average Bonchev–Trinajstić information content (AvgIpc) is 2.79. The van der Waals surface area contributed by atoms with E-state index in [4.69, 9.17) is 0 Å². The van der Waals surface area contributed by atoms with Crippen molar-refractivity contribution in [2.75, 3.05) is 64.0 Å². The summed E-state index contributed by atoms with van der Waals surface area (Å²) >= 11 is 1.81. The van der Waals surface area contributed by atoms with E-state index in [0.29, 0.717) is 0 Å². The van der Waals surface area contributed by atoms with E-state index in [1.54, 1.807) is 19.0 Å². The number of nitrogens with zero attached hydrogens (tertiary/aromatic N) is 5. The first-order chi connectivity index (χ1) is 14.6. The summed E-state index contributed by atoms with van der Waals surface area (Å²) in [6, 6.07) is 16.4. The minimum Gasteiger partial charge on any atom is -0.355 e. The molecule has 7 nitrogen and oxygen atoms in total. The lowest BCUT2D eigenvalue weighted by Gasteiger charge is -2.37. The second kappa shape index (κ2) is 13.4. The first-order valence-electron chi connectivity index (χ1n) is 10.2. The third-order valence-electron chi connectivity index (χ3n) is 4.81. The van der Waals surface area contributed by atoms with Crippen LogP contribution >= 0.6 is 35.7 Å². The standard InChI is InChI=1S/C22H30N6OS.HI/c1-26(2)21(29)18-25-22(24-12-17-30-19-8-4-3-5-9-19)28-15-13-27(14-16-28)20-10-6-7-11-23-20;/h3-11H,12-18H2,1-2H3,(H,24,25);1H. The minimum atomic E-state index is 0. The Kier molecular flexibility index (Phi) is 10.9. The lowest BCUT2D eigenvalue weighted by Crippen LogP contribution is -2.53. The Hall–Kier alpha value is -2.01. The molecule has 0 saturated carbocycles. The molecule has 9 heteroatoms. The van der Waals surface area contributed by atoms with Crippen molar-refractivity contribution in [2.24, 2.45) is 4.99 Å². The second-order valence-corrected chi connectivity index (χ2v) is 8.35. The Bertz CT molecular complexity index is 813. The van der Waals surface area contributed by atoms with E-state index in [-0.39, 0.29) is 36.4 Å². The molecule has 168 valence electrons. The SMILES string of the molecule is CN(C)C(=O)CN=C(NCCSc1ccccc1)N1CCN(c2ccccn2)CC1.I. The van der Waals surface area contributed by atoms with Crippen LogP contribution in [0.25, 0.3) is 0 Å². The molecule has 2 heterocycles. The third kappa shape index (κ3) is 8.21. The van der Waals surface area contributed by atoms with Crippen molar-refractivity contribution in [1.82, 2.24) is 20.1 Å². The van der Waals surface area contributed by atoms with Crippen molar-refractivity contribution in [1.29, 1.82) is 0 Å². The Balaban J connectivity index is 0.00000341. The Morgan fingerprint density at radius 1 is 1.10 bits per heavy atom. The molecule has 0 radical (unpaired) electrons. The van der Waals surface area contributed by atoms with Gasteiger partial charge in [0.05, 0.1) is 0 Å². The number of pyridine rings is 1. The predicted octanol–water partition coefficient (Wildman–Crippen LogP) is 2.65.